The molecular formula is C23H22N2O2. The van der Waals surface area contributed by atoms with Crippen molar-refractivity contribution < 1.29 is 9.53 Å². The van der Waals surface area contributed by atoms with E-state index in [0.717, 1.165) is 22.6 Å². The zero-order valence-corrected chi connectivity index (χ0v) is 15.2. The lowest BCUT2D eigenvalue weighted by atomic mass is 10.1. The highest BCUT2D eigenvalue weighted by molar-refractivity contribution is 5.91. The van der Waals surface area contributed by atoms with Crippen molar-refractivity contribution in [3.05, 3.63) is 102 Å². The molecule has 4 nitrogen and oxygen atoms in total. The lowest BCUT2D eigenvalue weighted by Gasteiger charge is -2.14. The number of ether oxygens (including phenoxy) is 1. The highest BCUT2D eigenvalue weighted by Gasteiger charge is 2.09. The Kier molecular flexibility index (Phi) is 6.36. The molecule has 0 aliphatic rings. The third-order valence-electron chi connectivity index (χ3n) is 4.06. The van der Waals surface area contributed by atoms with Gasteiger partial charge in [0, 0.05) is 12.3 Å². The predicted molar refractivity (Wildman–Crippen MR) is 107 cm³/mol. The van der Waals surface area contributed by atoms with Crippen molar-refractivity contribution in [3.63, 3.8) is 0 Å². The molecule has 136 valence electrons. The van der Waals surface area contributed by atoms with Crippen LogP contribution < -0.4 is 10.1 Å². The van der Waals surface area contributed by atoms with Crippen LogP contribution in [0.1, 0.15) is 29.8 Å². The Labute approximate surface area is 159 Å². The first kappa shape index (κ1) is 18.4. The highest BCUT2D eigenvalue weighted by atomic mass is 16.5. The van der Waals surface area contributed by atoms with Gasteiger partial charge in [-0.3, -0.25) is 9.78 Å². The molecule has 0 aliphatic heterocycles. The van der Waals surface area contributed by atoms with Crippen molar-refractivity contribution in [3.8, 4) is 5.75 Å². The number of aromatic nitrogens is 1. The summed E-state index contributed by atoms with van der Waals surface area (Å²) in [4.78, 5) is 16.4. The van der Waals surface area contributed by atoms with Gasteiger partial charge in [0.05, 0.1) is 11.7 Å². The minimum Gasteiger partial charge on any atom is -0.487 e. The standard InChI is InChI=1S/C23H22N2O2/c1-18(25-23(26)14-13-19-8-3-2-4-9-19)20-10-7-12-22(16-20)27-17-21-11-5-6-15-24-21/h2-16,18H,17H2,1H3,(H,25,26). The SMILES string of the molecule is CC(NC(=O)C=Cc1ccccc1)c1cccc(OCc2ccccn2)c1. The van der Waals surface area contributed by atoms with Crippen LogP contribution in [-0.4, -0.2) is 10.9 Å². The minimum absolute atomic E-state index is 0.128. The van der Waals surface area contributed by atoms with Crippen LogP contribution in [0.15, 0.2) is 85.1 Å². The average molecular weight is 358 g/mol. The Morgan fingerprint density at radius 2 is 1.89 bits per heavy atom. The van der Waals surface area contributed by atoms with Crippen LogP contribution in [0, 0.1) is 0 Å². The maximum atomic E-state index is 12.2. The number of amides is 1. The Morgan fingerprint density at radius 3 is 2.67 bits per heavy atom. The average Bonchev–Trinajstić information content (AvgIpc) is 2.72. The number of carbonyl (C=O) groups excluding carboxylic acids is 1. The summed E-state index contributed by atoms with van der Waals surface area (Å²) < 4.78 is 5.80. The molecule has 0 spiro atoms. The molecule has 1 heterocycles. The van der Waals surface area contributed by atoms with Crippen LogP contribution in [0.3, 0.4) is 0 Å². The van der Waals surface area contributed by atoms with Crippen molar-refractivity contribution in [1.82, 2.24) is 10.3 Å². The first-order valence-electron chi connectivity index (χ1n) is 8.87. The highest BCUT2D eigenvalue weighted by Crippen LogP contribution is 2.20. The van der Waals surface area contributed by atoms with Crippen LogP contribution in [-0.2, 0) is 11.4 Å². The molecule has 1 aromatic heterocycles. The molecular weight excluding hydrogens is 336 g/mol. The van der Waals surface area contributed by atoms with Crippen molar-refractivity contribution in [1.29, 1.82) is 0 Å². The molecule has 3 aromatic rings. The molecule has 1 unspecified atom stereocenters. The van der Waals surface area contributed by atoms with E-state index < -0.39 is 0 Å². The summed E-state index contributed by atoms with van der Waals surface area (Å²) in [5, 5.41) is 2.97. The Bertz CT molecular complexity index is 893. The number of hydrogen-bond donors (Lipinski definition) is 1. The van der Waals surface area contributed by atoms with E-state index >= 15 is 0 Å². The van der Waals surface area contributed by atoms with Crippen LogP contribution in [0.2, 0.25) is 0 Å². The Morgan fingerprint density at radius 1 is 1.07 bits per heavy atom. The van der Waals surface area contributed by atoms with E-state index in [-0.39, 0.29) is 11.9 Å². The van der Waals surface area contributed by atoms with Crippen molar-refractivity contribution in [2.75, 3.05) is 0 Å². The van der Waals surface area contributed by atoms with E-state index in [9.17, 15) is 4.79 Å². The van der Waals surface area contributed by atoms with Gasteiger partial charge in [-0.15, -0.1) is 0 Å². The molecule has 3 rings (SSSR count). The fourth-order valence-electron chi connectivity index (χ4n) is 2.60. The van der Waals surface area contributed by atoms with E-state index in [1.807, 2.05) is 79.7 Å². The molecule has 1 N–H and O–H groups in total. The molecule has 0 saturated carbocycles. The van der Waals surface area contributed by atoms with Gasteiger partial charge in [0.2, 0.25) is 5.91 Å². The predicted octanol–water partition coefficient (Wildman–Crippen LogP) is 4.55. The van der Waals surface area contributed by atoms with Crippen molar-refractivity contribution in [2.24, 2.45) is 0 Å². The van der Waals surface area contributed by atoms with E-state index in [4.69, 9.17) is 4.74 Å². The largest absolute Gasteiger partial charge is 0.487 e. The lowest BCUT2D eigenvalue weighted by molar-refractivity contribution is -0.117. The smallest absolute Gasteiger partial charge is 0.244 e. The van der Waals surface area contributed by atoms with Crippen molar-refractivity contribution >= 4 is 12.0 Å². The molecule has 0 aliphatic carbocycles. The van der Waals surface area contributed by atoms with Gasteiger partial charge >= 0.3 is 0 Å². The van der Waals surface area contributed by atoms with Gasteiger partial charge in [0.15, 0.2) is 0 Å². The second-order valence-electron chi connectivity index (χ2n) is 6.16. The molecule has 0 fully saturated rings. The number of nitrogens with zero attached hydrogens (tertiary/aromatic N) is 1. The molecule has 1 amide bonds. The minimum atomic E-state index is -0.133. The van der Waals surface area contributed by atoms with Crippen LogP contribution in [0.5, 0.6) is 5.75 Å². The fraction of sp³-hybridized carbons (Fsp3) is 0.130. The van der Waals surface area contributed by atoms with E-state index in [1.54, 1.807) is 18.3 Å². The summed E-state index contributed by atoms with van der Waals surface area (Å²) in [6.45, 7) is 2.36. The first-order chi connectivity index (χ1) is 13.2. The van der Waals surface area contributed by atoms with Gasteiger partial charge in [-0.1, -0.05) is 48.5 Å². The monoisotopic (exact) mass is 358 g/mol. The number of benzene rings is 2. The molecule has 0 saturated heterocycles. The number of pyridine rings is 1. The number of hydrogen-bond acceptors (Lipinski definition) is 3. The Balaban J connectivity index is 1.57. The van der Waals surface area contributed by atoms with E-state index in [2.05, 4.69) is 10.3 Å². The summed E-state index contributed by atoms with van der Waals surface area (Å²) >= 11 is 0. The van der Waals surface area contributed by atoms with Crippen LogP contribution in [0.4, 0.5) is 0 Å². The zero-order chi connectivity index (χ0) is 18.9. The van der Waals surface area contributed by atoms with Crippen LogP contribution >= 0.6 is 0 Å². The quantitative estimate of drug-likeness (QED) is 0.630. The van der Waals surface area contributed by atoms with Crippen molar-refractivity contribution in [2.45, 2.75) is 19.6 Å². The van der Waals surface area contributed by atoms with Gasteiger partial charge in [0.1, 0.15) is 12.4 Å². The molecule has 4 heteroatoms. The molecule has 2 aromatic carbocycles. The van der Waals surface area contributed by atoms with Gasteiger partial charge in [-0.25, -0.2) is 0 Å². The zero-order valence-electron chi connectivity index (χ0n) is 15.2. The van der Waals surface area contributed by atoms with Gasteiger partial charge in [0.25, 0.3) is 0 Å². The molecule has 0 radical (unpaired) electrons. The maximum Gasteiger partial charge on any atom is 0.244 e. The third-order valence-corrected chi connectivity index (χ3v) is 4.06. The molecule has 27 heavy (non-hydrogen) atoms. The van der Waals surface area contributed by atoms with Gasteiger partial charge in [-0.2, -0.15) is 0 Å². The third kappa shape index (κ3) is 5.82. The fourth-order valence-corrected chi connectivity index (χ4v) is 2.60. The summed E-state index contributed by atoms with van der Waals surface area (Å²) in [5.41, 5.74) is 2.84. The second-order valence-corrected chi connectivity index (χ2v) is 6.16. The van der Waals surface area contributed by atoms with E-state index in [0.29, 0.717) is 6.61 Å². The number of carbonyl (C=O) groups is 1. The summed E-state index contributed by atoms with van der Waals surface area (Å²) in [5.74, 6) is 0.616. The van der Waals surface area contributed by atoms with Gasteiger partial charge in [-0.05, 0) is 48.4 Å². The topological polar surface area (TPSA) is 51.2 Å². The van der Waals surface area contributed by atoms with Crippen LogP contribution in [0.25, 0.3) is 6.08 Å². The number of rotatable bonds is 7. The molecule has 0 bridgehead atoms. The van der Waals surface area contributed by atoms with Gasteiger partial charge < -0.3 is 10.1 Å². The normalized spacial score (nSPS) is 11.9. The summed E-state index contributed by atoms with van der Waals surface area (Å²) in [6.07, 6.45) is 5.09. The first-order valence-corrected chi connectivity index (χ1v) is 8.87. The number of nitrogens with one attached hydrogen (secondary N) is 1. The summed E-state index contributed by atoms with van der Waals surface area (Å²) in [7, 11) is 0. The second kappa shape index (κ2) is 9.34. The Hall–Kier alpha value is -3.40. The molecule has 1 atom stereocenters. The maximum absolute atomic E-state index is 12.2. The van der Waals surface area contributed by atoms with E-state index in [1.165, 1.54) is 0 Å². The lowest BCUT2D eigenvalue weighted by Crippen LogP contribution is -2.24. The summed E-state index contributed by atoms with van der Waals surface area (Å²) in [6, 6.07) is 23.1.